The van der Waals surface area contributed by atoms with Crippen molar-refractivity contribution < 1.29 is 19.1 Å². The van der Waals surface area contributed by atoms with Gasteiger partial charge in [0.1, 0.15) is 10.6 Å². The van der Waals surface area contributed by atoms with Crippen LogP contribution in [0.15, 0.2) is 77.8 Å². The molecule has 4 aromatic rings. The summed E-state index contributed by atoms with van der Waals surface area (Å²) >= 11 is 7.69. The maximum Gasteiger partial charge on any atom is 0.355 e. The van der Waals surface area contributed by atoms with Gasteiger partial charge >= 0.3 is 11.9 Å². The molecule has 0 aliphatic rings. The second kappa shape index (κ2) is 9.12. The van der Waals surface area contributed by atoms with Gasteiger partial charge in [0.05, 0.1) is 23.4 Å². The minimum atomic E-state index is -0.528. The fraction of sp³-hybridized carbons (Fsp3) is 0.0417. The lowest BCUT2D eigenvalue weighted by Gasteiger charge is -2.06. The molecule has 154 valence electrons. The number of hydrogen-bond donors (Lipinski definition) is 0. The summed E-state index contributed by atoms with van der Waals surface area (Å²) in [4.78, 5) is 29.2. The maximum atomic E-state index is 12.8. The van der Waals surface area contributed by atoms with Gasteiger partial charge in [0.25, 0.3) is 0 Å². The highest BCUT2D eigenvalue weighted by Gasteiger charge is 2.19. The van der Waals surface area contributed by atoms with Crippen molar-refractivity contribution in [1.82, 2.24) is 0 Å². The third-order valence-corrected chi connectivity index (χ3v) is 6.12. The third kappa shape index (κ3) is 4.50. The Bertz CT molecular complexity index is 1310. The predicted molar refractivity (Wildman–Crippen MR) is 123 cm³/mol. The van der Waals surface area contributed by atoms with Gasteiger partial charge in [-0.2, -0.15) is 0 Å². The van der Waals surface area contributed by atoms with Gasteiger partial charge in [0.15, 0.2) is 0 Å². The van der Waals surface area contributed by atoms with Gasteiger partial charge < -0.3 is 9.47 Å². The van der Waals surface area contributed by atoms with Crippen LogP contribution in [0.3, 0.4) is 0 Å². The number of aliphatic imine (C=N–C) groups is 1. The number of carbonyl (C=O) groups excluding carboxylic acids is 2. The number of rotatable bonds is 5. The lowest BCUT2D eigenvalue weighted by Crippen LogP contribution is -2.08. The molecule has 0 N–H and O–H groups in total. The van der Waals surface area contributed by atoms with E-state index in [0.717, 1.165) is 10.1 Å². The van der Waals surface area contributed by atoms with Gasteiger partial charge in [-0.25, -0.2) is 9.59 Å². The number of ether oxygens (including phenoxy) is 2. The van der Waals surface area contributed by atoms with Crippen molar-refractivity contribution in [2.75, 3.05) is 7.11 Å². The van der Waals surface area contributed by atoms with Gasteiger partial charge in [-0.15, -0.1) is 11.3 Å². The van der Waals surface area contributed by atoms with E-state index >= 15 is 0 Å². The summed E-state index contributed by atoms with van der Waals surface area (Å²) in [7, 11) is 1.33. The van der Waals surface area contributed by atoms with Gasteiger partial charge in [-0.1, -0.05) is 48.0 Å². The molecule has 0 bridgehead atoms. The molecule has 0 spiro atoms. The molecule has 0 amide bonds. The quantitative estimate of drug-likeness (QED) is 0.203. The van der Waals surface area contributed by atoms with E-state index < -0.39 is 11.9 Å². The number of benzene rings is 3. The molecule has 0 fully saturated rings. The Labute approximate surface area is 187 Å². The van der Waals surface area contributed by atoms with Crippen LogP contribution in [0.25, 0.3) is 10.1 Å². The van der Waals surface area contributed by atoms with E-state index in [1.54, 1.807) is 48.7 Å². The summed E-state index contributed by atoms with van der Waals surface area (Å²) in [6, 6.07) is 21.3. The van der Waals surface area contributed by atoms with Crippen LogP contribution in [0, 0.1) is 0 Å². The van der Waals surface area contributed by atoms with E-state index in [9.17, 15) is 9.59 Å². The summed E-state index contributed by atoms with van der Waals surface area (Å²) < 4.78 is 11.3. The zero-order chi connectivity index (χ0) is 21.8. The highest BCUT2D eigenvalue weighted by atomic mass is 35.5. The SMILES string of the molecule is COC(=O)c1cccc(N=Cc2ccccc2OC(=O)c2sc3ccccc3c2Cl)c1. The second-order valence-corrected chi connectivity index (χ2v) is 7.90. The van der Waals surface area contributed by atoms with Gasteiger partial charge in [0.2, 0.25) is 0 Å². The summed E-state index contributed by atoms with van der Waals surface area (Å²) in [5.74, 6) is -0.611. The topological polar surface area (TPSA) is 65.0 Å². The molecule has 4 rings (SSSR count). The van der Waals surface area contributed by atoms with Crippen LogP contribution < -0.4 is 4.74 Å². The van der Waals surface area contributed by atoms with Crippen LogP contribution in [0.4, 0.5) is 5.69 Å². The number of thiophene rings is 1. The number of fused-ring (bicyclic) bond motifs is 1. The first-order valence-electron chi connectivity index (χ1n) is 9.27. The molecule has 1 aromatic heterocycles. The Balaban J connectivity index is 1.59. The van der Waals surface area contributed by atoms with E-state index in [-0.39, 0.29) is 0 Å². The molecule has 0 saturated carbocycles. The Morgan fingerprint density at radius 1 is 0.968 bits per heavy atom. The molecule has 0 atom stereocenters. The van der Waals surface area contributed by atoms with E-state index in [0.29, 0.717) is 32.5 Å². The van der Waals surface area contributed by atoms with Crippen molar-refractivity contribution in [1.29, 1.82) is 0 Å². The zero-order valence-electron chi connectivity index (χ0n) is 16.4. The molecule has 7 heteroatoms. The smallest absolute Gasteiger partial charge is 0.355 e. The first-order valence-corrected chi connectivity index (χ1v) is 10.5. The van der Waals surface area contributed by atoms with Crippen LogP contribution in [-0.4, -0.2) is 25.3 Å². The first kappa shape index (κ1) is 20.8. The van der Waals surface area contributed by atoms with Crippen LogP contribution >= 0.6 is 22.9 Å². The average molecular weight is 450 g/mol. The van der Waals surface area contributed by atoms with Crippen molar-refractivity contribution in [2.24, 2.45) is 4.99 Å². The number of nitrogens with zero attached hydrogens (tertiary/aromatic N) is 1. The molecule has 0 aliphatic heterocycles. The predicted octanol–water partition coefficient (Wildman–Crippen LogP) is 6.31. The molecular formula is C24H16ClNO4S. The normalized spacial score (nSPS) is 11.0. The Hall–Kier alpha value is -3.48. The third-order valence-electron chi connectivity index (χ3n) is 4.46. The summed E-state index contributed by atoms with van der Waals surface area (Å²) in [6.45, 7) is 0. The Morgan fingerprint density at radius 3 is 2.55 bits per heavy atom. The first-order chi connectivity index (χ1) is 15.1. The number of hydrogen-bond acceptors (Lipinski definition) is 6. The fourth-order valence-corrected chi connectivity index (χ4v) is 4.33. The fourth-order valence-electron chi connectivity index (χ4n) is 2.95. The number of halogens is 1. The minimum Gasteiger partial charge on any atom is -0.465 e. The summed E-state index contributed by atoms with van der Waals surface area (Å²) in [5.41, 5.74) is 1.57. The van der Waals surface area contributed by atoms with E-state index in [4.69, 9.17) is 21.1 Å². The summed E-state index contributed by atoms with van der Waals surface area (Å²) in [6.07, 6.45) is 1.57. The largest absolute Gasteiger partial charge is 0.465 e. The number of carbonyl (C=O) groups is 2. The monoisotopic (exact) mass is 449 g/mol. The van der Waals surface area contributed by atoms with Crippen molar-refractivity contribution >= 4 is 56.9 Å². The van der Waals surface area contributed by atoms with Crippen molar-refractivity contribution in [3.05, 3.63) is 93.8 Å². The molecule has 0 saturated heterocycles. The van der Waals surface area contributed by atoms with Crippen molar-refractivity contribution in [3.8, 4) is 5.75 Å². The summed E-state index contributed by atoms with van der Waals surface area (Å²) in [5, 5.41) is 1.21. The van der Waals surface area contributed by atoms with Crippen LogP contribution in [0.2, 0.25) is 5.02 Å². The van der Waals surface area contributed by atoms with Crippen LogP contribution in [0.5, 0.6) is 5.75 Å². The van der Waals surface area contributed by atoms with E-state index in [1.807, 2.05) is 30.3 Å². The molecule has 0 radical (unpaired) electrons. The van der Waals surface area contributed by atoms with Gasteiger partial charge in [-0.05, 0) is 36.4 Å². The van der Waals surface area contributed by atoms with Crippen LogP contribution in [0.1, 0.15) is 25.6 Å². The minimum absolute atomic E-state index is 0.348. The van der Waals surface area contributed by atoms with E-state index in [1.165, 1.54) is 18.4 Å². The Kier molecular flexibility index (Phi) is 6.11. The lowest BCUT2D eigenvalue weighted by molar-refractivity contribution is 0.0600. The molecular weight excluding hydrogens is 434 g/mol. The van der Waals surface area contributed by atoms with Crippen molar-refractivity contribution in [3.63, 3.8) is 0 Å². The second-order valence-electron chi connectivity index (χ2n) is 6.47. The van der Waals surface area contributed by atoms with Crippen molar-refractivity contribution in [2.45, 2.75) is 0 Å². The zero-order valence-corrected chi connectivity index (χ0v) is 17.9. The number of para-hydroxylation sites is 1. The molecule has 31 heavy (non-hydrogen) atoms. The Morgan fingerprint density at radius 2 is 1.74 bits per heavy atom. The maximum absolute atomic E-state index is 12.8. The highest BCUT2D eigenvalue weighted by Crippen LogP contribution is 2.36. The van der Waals surface area contributed by atoms with Crippen LogP contribution in [-0.2, 0) is 4.74 Å². The highest BCUT2D eigenvalue weighted by molar-refractivity contribution is 7.21. The lowest BCUT2D eigenvalue weighted by atomic mass is 10.2. The van der Waals surface area contributed by atoms with E-state index in [2.05, 4.69) is 4.99 Å². The number of esters is 2. The van der Waals surface area contributed by atoms with Gasteiger partial charge in [0, 0.05) is 21.9 Å². The molecule has 5 nitrogen and oxygen atoms in total. The molecule has 1 heterocycles. The average Bonchev–Trinajstić information content (AvgIpc) is 3.15. The molecule has 0 unspecified atom stereocenters. The molecule has 3 aromatic carbocycles. The standard InChI is InChI=1S/C24H16ClNO4S/c1-29-23(27)15-8-6-9-17(13-15)26-14-16-7-2-4-11-19(16)30-24(28)22-21(25)18-10-3-5-12-20(18)31-22/h2-14H,1H3. The molecule has 0 aliphatic carbocycles. The number of methoxy groups -OCH3 is 1. The van der Waals surface area contributed by atoms with Gasteiger partial charge in [-0.3, -0.25) is 4.99 Å².